The number of hydrogen-bond acceptors (Lipinski definition) is 5. The van der Waals surface area contributed by atoms with E-state index >= 15 is 0 Å². The Labute approximate surface area is 111 Å². The largest absolute Gasteiger partial charge is 0.375 e. The minimum Gasteiger partial charge on any atom is -0.375 e. The van der Waals surface area contributed by atoms with Crippen molar-refractivity contribution in [2.75, 3.05) is 24.6 Å². The van der Waals surface area contributed by atoms with Gasteiger partial charge in [0, 0.05) is 31.4 Å². The molecule has 2 aromatic rings. The normalized spacial score (nSPS) is 24.1. The van der Waals surface area contributed by atoms with Gasteiger partial charge in [0.25, 0.3) is 0 Å². The summed E-state index contributed by atoms with van der Waals surface area (Å²) in [6, 6.07) is 0. The molecule has 6 nitrogen and oxygen atoms in total. The van der Waals surface area contributed by atoms with Crippen LogP contribution in [0.1, 0.15) is 31.5 Å². The van der Waals surface area contributed by atoms with E-state index in [9.17, 15) is 0 Å². The quantitative estimate of drug-likeness (QED) is 0.812. The highest BCUT2D eigenvalue weighted by molar-refractivity contribution is 5.64. The van der Waals surface area contributed by atoms with E-state index < -0.39 is 0 Å². The molecule has 0 amide bonds. The number of anilines is 1. The lowest BCUT2D eigenvalue weighted by Gasteiger charge is -2.31. The number of morpholine rings is 1. The van der Waals surface area contributed by atoms with Crippen LogP contribution in [0.4, 0.5) is 5.82 Å². The summed E-state index contributed by atoms with van der Waals surface area (Å²) in [5.74, 6) is 2.60. The average Bonchev–Trinajstić information content (AvgIpc) is 3.18. The fraction of sp³-hybridized carbons (Fsp3) is 0.615. The summed E-state index contributed by atoms with van der Waals surface area (Å²) in [4.78, 5) is 6.75. The first-order valence-corrected chi connectivity index (χ1v) is 6.89. The zero-order chi connectivity index (χ0) is 12.8. The van der Waals surface area contributed by atoms with Gasteiger partial charge in [-0.3, -0.25) is 4.40 Å². The SMILES string of the molecule is CC1CN(c2nccn3c(C4CC4)nnc23)CCO1. The van der Waals surface area contributed by atoms with Gasteiger partial charge in [0.05, 0.1) is 12.7 Å². The minimum absolute atomic E-state index is 0.238. The lowest BCUT2D eigenvalue weighted by molar-refractivity contribution is 0.0530. The molecule has 0 aromatic carbocycles. The highest BCUT2D eigenvalue weighted by atomic mass is 16.5. The van der Waals surface area contributed by atoms with Gasteiger partial charge in [-0.05, 0) is 19.8 Å². The second-order valence-electron chi connectivity index (χ2n) is 5.40. The monoisotopic (exact) mass is 259 g/mol. The maximum Gasteiger partial charge on any atom is 0.203 e. The van der Waals surface area contributed by atoms with Crippen molar-refractivity contribution in [2.24, 2.45) is 0 Å². The van der Waals surface area contributed by atoms with Crippen molar-refractivity contribution in [2.45, 2.75) is 31.8 Å². The molecule has 2 fully saturated rings. The maximum absolute atomic E-state index is 5.58. The van der Waals surface area contributed by atoms with Crippen LogP contribution >= 0.6 is 0 Å². The summed E-state index contributed by atoms with van der Waals surface area (Å²) < 4.78 is 7.68. The first-order valence-electron chi connectivity index (χ1n) is 6.89. The third-order valence-electron chi connectivity index (χ3n) is 3.82. The molecule has 1 saturated heterocycles. The van der Waals surface area contributed by atoms with Gasteiger partial charge in [-0.2, -0.15) is 0 Å². The second kappa shape index (κ2) is 4.16. The van der Waals surface area contributed by atoms with E-state index in [-0.39, 0.29) is 6.10 Å². The summed E-state index contributed by atoms with van der Waals surface area (Å²) in [5, 5.41) is 8.69. The fourth-order valence-corrected chi connectivity index (χ4v) is 2.68. The third kappa shape index (κ3) is 1.87. The Bertz CT molecular complexity index is 606. The molecule has 1 aliphatic heterocycles. The Hall–Kier alpha value is -1.69. The average molecular weight is 259 g/mol. The topological polar surface area (TPSA) is 55.6 Å². The molecule has 1 saturated carbocycles. The zero-order valence-corrected chi connectivity index (χ0v) is 11.0. The van der Waals surface area contributed by atoms with Crippen LogP contribution in [0.3, 0.4) is 0 Å². The molecule has 2 aliphatic rings. The van der Waals surface area contributed by atoms with Crippen LogP contribution in [-0.2, 0) is 4.74 Å². The molecule has 6 heteroatoms. The van der Waals surface area contributed by atoms with Gasteiger partial charge in [0.1, 0.15) is 5.82 Å². The van der Waals surface area contributed by atoms with Crippen molar-refractivity contribution in [1.82, 2.24) is 19.6 Å². The van der Waals surface area contributed by atoms with E-state index in [1.807, 2.05) is 12.4 Å². The molecule has 1 atom stereocenters. The molecule has 0 bridgehead atoms. The minimum atomic E-state index is 0.238. The highest BCUT2D eigenvalue weighted by Gasteiger charge is 2.30. The Balaban J connectivity index is 1.77. The molecule has 3 heterocycles. The van der Waals surface area contributed by atoms with Crippen LogP contribution in [0.15, 0.2) is 12.4 Å². The van der Waals surface area contributed by atoms with Crippen molar-refractivity contribution in [3.8, 4) is 0 Å². The molecule has 100 valence electrons. The Morgan fingerprint density at radius 2 is 2.21 bits per heavy atom. The van der Waals surface area contributed by atoms with Gasteiger partial charge in [-0.15, -0.1) is 10.2 Å². The predicted octanol–water partition coefficient (Wildman–Crippen LogP) is 1.23. The lowest BCUT2D eigenvalue weighted by atomic mass is 10.3. The molecule has 0 radical (unpaired) electrons. The van der Waals surface area contributed by atoms with E-state index in [2.05, 4.69) is 31.4 Å². The number of hydrogen-bond donors (Lipinski definition) is 0. The predicted molar refractivity (Wildman–Crippen MR) is 70.4 cm³/mol. The summed E-state index contributed by atoms with van der Waals surface area (Å²) in [5.41, 5.74) is 0.874. The van der Waals surface area contributed by atoms with Crippen LogP contribution in [0.5, 0.6) is 0 Å². The summed E-state index contributed by atoms with van der Waals surface area (Å²) in [6.45, 7) is 4.56. The zero-order valence-electron chi connectivity index (χ0n) is 11.0. The summed E-state index contributed by atoms with van der Waals surface area (Å²) in [6.07, 6.45) is 6.51. The molecular weight excluding hydrogens is 242 g/mol. The first kappa shape index (κ1) is 11.2. The molecule has 2 aromatic heterocycles. The van der Waals surface area contributed by atoms with Crippen molar-refractivity contribution < 1.29 is 4.74 Å². The number of rotatable bonds is 2. The van der Waals surface area contributed by atoms with Crippen molar-refractivity contribution in [1.29, 1.82) is 0 Å². The van der Waals surface area contributed by atoms with Crippen LogP contribution in [0.25, 0.3) is 5.65 Å². The smallest absolute Gasteiger partial charge is 0.203 e. The van der Waals surface area contributed by atoms with Crippen LogP contribution in [0.2, 0.25) is 0 Å². The molecule has 0 N–H and O–H groups in total. The Morgan fingerprint density at radius 3 is 3.00 bits per heavy atom. The van der Waals surface area contributed by atoms with Gasteiger partial charge in [0.15, 0.2) is 5.82 Å². The fourth-order valence-electron chi connectivity index (χ4n) is 2.68. The highest BCUT2D eigenvalue weighted by Crippen LogP contribution is 2.39. The molecular formula is C13H17N5O. The maximum atomic E-state index is 5.58. The molecule has 0 spiro atoms. The standard InChI is InChI=1S/C13H17N5O/c1-9-8-17(6-7-19-9)12-13-16-15-11(10-2-3-10)18(13)5-4-14-12/h4-5,9-10H,2-3,6-8H2,1H3. The van der Waals surface area contributed by atoms with Crippen molar-refractivity contribution >= 4 is 11.5 Å². The van der Waals surface area contributed by atoms with Crippen LogP contribution in [0, 0.1) is 0 Å². The van der Waals surface area contributed by atoms with Gasteiger partial charge in [-0.1, -0.05) is 0 Å². The van der Waals surface area contributed by atoms with Crippen molar-refractivity contribution in [3.63, 3.8) is 0 Å². The van der Waals surface area contributed by atoms with Crippen LogP contribution in [-0.4, -0.2) is 45.4 Å². The summed E-state index contributed by atoms with van der Waals surface area (Å²) >= 11 is 0. The van der Waals surface area contributed by atoms with E-state index in [0.717, 1.165) is 37.0 Å². The molecule has 1 aliphatic carbocycles. The number of aromatic nitrogens is 4. The lowest BCUT2D eigenvalue weighted by Crippen LogP contribution is -2.41. The van der Waals surface area contributed by atoms with Crippen LogP contribution < -0.4 is 4.90 Å². The third-order valence-corrected chi connectivity index (χ3v) is 3.82. The molecule has 4 rings (SSSR count). The Morgan fingerprint density at radius 1 is 1.32 bits per heavy atom. The van der Waals surface area contributed by atoms with Crippen molar-refractivity contribution in [3.05, 3.63) is 18.2 Å². The van der Waals surface area contributed by atoms with Gasteiger partial charge >= 0.3 is 0 Å². The van der Waals surface area contributed by atoms with E-state index in [4.69, 9.17) is 4.74 Å². The molecule has 1 unspecified atom stereocenters. The summed E-state index contributed by atoms with van der Waals surface area (Å²) in [7, 11) is 0. The van der Waals surface area contributed by atoms with Gasteiger partial charge in [0.2, 0.25) is 5.65 Å². The van der Waals surface area contributed by atoms with E-state index in [0.29, 0.717) is 5.92 Å². The number of nitrogens with zero attached hydrogens (tertiary/aromatic N) is 5. The Kier molecular flexibility index (Phi) is 2.44. The number of fused-ring (bicyclic) bond motifs is 1. The second-order valence-corrected chi connectivity index (χ2v) is 5.40. The van der Waals surface area contributed by atoms with Gasteiger partial charge in [-0.25, -0.2) is 4.98 Å². The van der Waals surface area contributed by atoms with Gasteiger partial charge < -0.3 is 9.64 Å². The first-order chi connectivity index (χ1) is 9.33. The number of ether oxygens (including phenoxy) is 1. The van der Waals surface area contributed by atoms with E-state index in [1.54, 1.807) is 0 Å². The molecule has 19 heavy (non-hydrogen) atoms. The van der Waals surface area contributed by atoms with E-state index in [1.165, 1.54) is 12.8 Å².